The van der Waals surface area contributed by atoms with Crippen molar-refractivity contribution in [3.8, 4) is 11.4 Å². The van der Waals surface area contributed by atoms with Crippen molar-refractivity contribution in [2.24, 2.45) is 0 Å². The third kappa shape index (κ3) is 3.28. The molecule has 0 amide bonds. The lowest BCUT2D eigenvalue weighted by atomic mass is 10.0. The second-order valence-corrected chi connectivity index (χ2v) is 8.41. The third-order valence-corrected chi connectivity index (χ3v) is 6.41. The minimum absolute atomic E-state index is 0.841. The summed E-state index contributed by atoms with van der Waals surface area (Å²) < 4.78 is 0. The second kappa shape index (κ2) is 7.47. The number of hydrogen-bond acceptors (Lipinski definition) is 6. The van der Waals surface area contributed by atoms with Gasteiger partial charge in [0.05, 0.1) is 16.9 Å². The van der Waals surface area contributed by atoms with Crippen LogP contribution >= 0.6 is 0 Å². The lowest BCUT2D eigenvalue weighted by Gasteiger charge is -2.34. The van der Waals surface area contributed by atoms with Gasteiger partial charge in [0.1, 0.15) is 16.9 Å². The van der Waals surface area contributed by atoms with Gasteiger partial charge >= 0.3 is 0 Å². The number of likely N-dealkylation sites (N-methyl/N-ethyl adjacent to an activating group) is 1. The highest BCUT2D eigenvalue weighted by Gasteiger charge is 2.20. The van der Waals surface area contributed by atoms with Gasteiger partial charge in [0.25, 0.3) is 0 Å². The van der Waals surface area contributed by atoms with Gasteiger partial charge in [-0.3, -0.25) is 5.10 Å². The molecule has 0 unspecified atom stereocenters. The Morgan fingerprint density at radius 1 is 1.06 bits per heavy atom. The maximum absolute atomic E-state index is 4.98. The molecule has 8 heteroatoms. The number of piperazine rings is 1. The third-order valence-electron chi connectivity index (χ3n) is 6.41. The van der Waals surface area contributed by atoms with E-state index in [-0.39, 0.29) is 0 Å². The van der Waals surface area contributed by atoms with E-state index in [0.717, 1.165) is 84.8 Å². The molecule has 8 nitrogen and oxygen atoms in total. The van der Waals surface area contributed by atoms with Crippen LogP contribution in [0.3, 0.4) is 0 Å². The van der Waals surface area contributed by atoms with E-state index in [2.05, 4.69) is 72.7 Å². The van der Waals surface area contributed by atoms with Gasteiger partial charge in [-0.05, 0) is 49.9 Å². The van der Waals surface area contributed by atoms with Crippen molar-refractivity contribution in [3.05, 3.63) is 42.2 Å². The van der Waals surface area contributed by atoms with Gasteiger partial charge in [0, 0.05) is 50.0 Å². The predicted octanol–water partition coefficient (Wildman–Crippen LogP) is 2.63. The summed E-state index contributed by atoms with van der Waals surface area (Å²) >= 11 is 0. The SMILES string of the molecule is CN1CCN(c2ccnc3[nH]c(-c4n[nH]c5ccc(C6=CCNCC6)nc45)cc23)CC1. The fraction of sp³-hybridized carbons (Fsp3) is 0.348. The molecule has 0 saturated carbocycles. The molecule has 6 rings (SSSR count). The monoisotopic (exact) mass is 414 g/mol. The van der Waals surface area contributed by atoms with E-state index in [1.54, 1.807) is 0 Å². The quantitative estimate of drug-likeness (QED) is 0.478. The van der Waals surface area contributed by atoms with E-state index in [0.29, 0.717) is 0 Å². The molecule has 1 fully saturated rings. The number of H-pyrrole nitrogens is 2. The van der Waals surface area contributed by atoms with Crippen molar-refractivity contribution in [2.75, 3.05) is 51.2 Å². The summed E-state index contributed by atoms with van der Waals surface area (Å²) in [4.78, 5) is 17.9. The van der Waals surface area contributed by atoms with Crippen LogP contribution in [0.15, 0.2) is 36.5 Å². The predicted molar refractivity (Wildman–Crippen MR) is 124 cm³/mol. The Morgan fingerprint density at radius 2 is 1.97 bits per heavy atom. The van der Waals surface area contributed by atoms with Gasteiger partial charge in [-0.15, -0.1) is 0 Å². The maximum atomic E-state index is 4.98. The van der Waals surface area contributed by atoms with Gasteiger partial charge in [0.2, 0.25) is 0 Å². The Labute approximate surface area is 180 Å². The summed E-state index contributed by atoms with van der Waals surface area (Å²) in [7, 11) is 2.18. The first kappa shape index (κ1) is 18.5. The largest absolute Gasteiger partial charge is 0.368 e. The lowest BCUT2D eigenvalue weighted by Crippen LogP contribution is -2.44. The molecule has 0 aliphatic carbocycles. The molecule has 0 spiro atoms. The van der Waals surface area contributed by atoms with Gasteiger partial charge in [-0.1, -0.05) is 6.08 Å². The first-order valence-corrected chi connectivity index (χ1v) is 10.9. The van der Waals surface area contributed by atoms with E-state index in [4.69, 9.17) is 4.98 Å². The molecule has 158 valence electrons. The average Bonchev–Trinajstić information content (AvgIpc) is 3.43. The average molecular weight is 415 g/mol. The summed E-state index contributed by atoms with van der Waals surface area (Å²) in [6, 6.07) is 8.45. The van der Waals surface area contributed by atoms with Crippen LogP contribution in [0.25, 0.3) is 39.0 Å². The van der Waals surface area contributed by atoms with E-state index in [1.165, 1.54) is 11.3 Å². The fourth-order valence-electron chi connectivity index (χ4n) is 4.58. The number of rotatable bonds is 3. The Kier molecular flexibility index (Phi) is 4.47. The van der Waals surface area contributed by atoms with Crippen molar-refractivity contribution < 1.29 is 0 Å². The molecular weight excluding hydrogens is 388 g/mol. The molecule has 1 saturated heterocycles. The highest BCUT2D eigenvalue weighted by atomic mass is 15.2. The minimum Gasteiger partial charge on any atom is -0.368 e. The summed E-state index contributed by atoms with van der Waals surface area (Å²) in [5.41, 5.74) is 8.07. The first-order valence-electron chi connectivity index (χ1n) is 10.9. The van der Waals surface area contributed by atoms with Gasteiger partial charge in [0.15, 0.2) is 0 Å². The van der Waals surface area contributed by atoms with Crippen molar-refractivity contribution in [1.29, 1.82) is 0 Å². The van der Waals surface area contributed by atoms with Crippen LogP contribution < -0.4 is 10.2 Å². The van der Waals surface area contributed by atoms with Crippen LogP contribution in [-0.4, -0.2) is 76.4 Å². The lowest BCUT2D eigenvalue weighted by molar-refractivity contribution is 0.313. The molecule has 3 N–H and O–H groups in total. The molecule has 4 aromatic heterocycles. The number of anilines is 1. The van der Waals surface area contributed by atoms with Gasteiger partial charge in [-0.2, -0.15) is 5.10 Å². The Bertz CT molecular complexity index is 1280. The topological polar surface area (TPSA) is 88.8 Å². The first-order chi connectivity index (χ1) is 15.3. The van der Waals surface area contributed by atoms with E-state index in [9.17, 15) is 0 Å². The summed E-state index contributed by atoms with van der Waals surface area (Å²) in [5, 5.41) is 12.2. The van der Waals surface area contributed by atoms with Gasteiger partial charge in [-0.25, -0.2) is 9.97 Å². The van der Waals surface area contributed by atoms with Crippen LogP contribution in [0.5, 0.6) is 0 Å². The van der Waals surface area contributed by atoms with Crippen molar-refractivity contribution in [3.63, 3.8) is 0 Å². The van der Waals surface area contributed by atoms with Crippen LogP contribution in [-0.2, 0) is 0 Å². The van der Waals surface area contributed by atoms with Crippen LogP contribution in [0.1, 0.15) is 12.1 Å². The number of nitrogens with one attached hydrogen (secondary N) is 3. The highest BCUT2D eigenvalue weighted by molar-refractivity contribution is 5.97. The number of hydrogen-bond donors (Lipinski definition) is 3. The second-order valence-electron chi connectivity index (χ2n) is 8.41. The Hall–Kier alpha value is -3.23. The standard InChI is InChI=1S/C23H26N8/c1-30-10-12-31(13-11-30)20-6-9-25-23-16(20)14-19(27-23)22-21-18(28-29-22)3-2-17(26-21)15-4-7-24-8-5-15/h2-4,6,9,14,24H,5,7-8,10-13H2,1H3,(H,25,27)(H,28,29). The molecular formula is C23H26N8. The normalized spacial score (nSPS) is 18.1. The molecule has 6 heterocycles. The smallest absolute Gasteiger partial charge is 0.139 e. The molecule has 31 heavy (non-hydrogen) atoms. The number of nitrogens with zero attached hydrogens (tertiary/aromatic N) is 5. The summed E-state index contributed by atoms with van der Waals surface area (Å²) in [6.07, 6.45) is 5.11. The van der Waals surface area contributed by atoms with Crippen LogP contribution in [0, 0.1) is 0 Å². The van der Waals surface area contributed by atoms with E-state index in [1.807, 2.05) is 6.20 Å². The maximum Gasteiger partial charge on any atom is 0.139 e. The number of fused-ring (bicyclic) bond motifs is 2. The Morgan fingerprint density at radius 3 is 2.81 bits per heavy atom. The summed E-state index contributed by atoms with van der Waals surface area (Å²) in [6.45, 7) is 6.08. The number of aromatic nitrogens is 5. The summed E-state index contributed by atoms with van der Waals surface area (Å²) in [5.74, 6) is 0. The molecule has 0 bridgehead atoms. The number of aromatic amines is 2. The molecule has 0 atom stereocenters. The van der Waals surface area contributed by atoms with E-state index < -0.39 is 0 Å². The number of pyridine rings is 2. The van der Waals surface area contributed by atoms with E-state index >= 15 is 0 Å². The molecule has 0 aromatic carbocycles. The fourth-order valence-corrected chi connectivity index (χ4v) is 4.58. The minimum atomic E-state index is 0.841. The van der Waals surface area contributed by atoms with Crippen LogP contribution in [0.2, 0.25) is 0 Å². The van der Waals surface area contributed by atoms with Crippen molar-refractivity contribution in [2.45, 2.75) is 6.42 Å². The molecule has 0 radical (unpaired) electrons. The van der Waals surface area contributed by atoms with Gasteiger partial charge < -0.3 is 20.1 Å². The molecule has 2 aliphatic heterocycles. The Balaban J connectivity index is 1.42. The molecule has 2 aliphatic rings. The van der Waals surface area contributed by atoms with Crippen LogP contribution in [0.4, 0.5) is 5.69 Å². The zero-order valence-corrected chi connectivity index (χ0v) is 17.6. The van der Waals surface area contributed by atoms with Crippen molar-refractivity contribution in [1.82, 2.24) is 35.4 Å². The zero-order chi connectivity index (χ0) is 20.8. The molecule has 4 aromatic rings. The zero-order valence-electron chi connectivity index (χ0n) is 17.6. The van der Waals surface area contributed by atoms with Crippen molar-refractivity contribution >= 4 is 33.3 Å². The highest BCUT2D eigenvalue weighted by Crippen LogP contribution is 2.33.